The average Bonchev–Trinajstić information content (AvgIpc) is 2.98. The molecule has 7 heteroatoms. The minimum absolute atomic E-state index is 0.0885. The standard InChI is InChI=1S/C17H22N2O5/c1-12(17(22)23)10-18(2)16(21)11-24-14-6-3-5-13(9-14)19-8-4-7-15(19)20/h3,5-6,9,12H,4,7-8,10-11H2,1-2H3,(H,22,23). The Balaban J connectivity index is 1.91. The van der Waals surface area contributed by atoms with E-state index < -0.39 is 11.9 Å². The van der Waals surface area contributed by atoms with Crippen molar-refractivity contribution in [3.05, 3.63) is 24.3 Å². The van der Waals surface area contributed by atoms with Gasteiger partial charge in [-0.2, -0.15) is 0 Å². The zero-order valence-corrected chi connectivity index (χ0v) is 13.9. The van der Waals surface area contributed by atoms with Crippen LogP contribution in [0.25, 0.3) is 0 Å². The molecule has 1 aliphatic heterocycles. The van der Waals surface area contributed by atoms with Crippen molar-refractivity contribution in [1.82, 2.24) is 4.90 Å². The van der Waals surface area contributed by atoms with E-state index in [-0.39, 0.29) is 25.0 Å². The normalized spacial score (nSPS) is 15.2. The molecule has 1 aliphatic rings. The highest BCUT2D eigenvalue weighted by Gasteiger charge is 2.22. The molecule has 0 saturated carbocycles. The minimum Gasteiger partial charge on any atom is -0.484 e. The Bertz CT molecular complexity index is 631. The molecule has 1 fully saturated rings. The Labute approximate surface area is 140 Å². The maximum atomic E-state index is 12.0. The first-order valence-corrected chi connectivity index (χ1v) is 7.88. The summed E-state index contributed by atoms with van der Waals surface area (Å²) in [5.74, 6) is -1.29. The SMILES string of the molecule is CC(CN(C)C(=O)COc1cccc(N2CCCC2=O)c1)C(=O)O. The van der Waals surface area contributed by atoms with Gasteiger partial charge in [-0.1, -0.05) is 13.0 Å². The van der Waals surface area contributed by atoms with Gasteiger partial charge in [0.1, 0.15) is 5.75 Å². The van der Waals surface area contributed by atoms with Crippen LogP contribution in [0.2, 0.25) is 0 Å². The molecule has 0 radical (unpaired) electrons. The van der Waals surface area contributed by atoms with Gasteiger partial charge >= 0.3 is 5.97 Å². The molecule has 130 valence electrons. The first-order valence-electron chi connectivity index (χ1n) is 7.88. The van der Waals surface area contributed by atoms with Crippen LogP contribution in [-0.4, -0.2) is 54.5 Å². The van der Waals surface area contributed by atoms with Crippen LogP contribution in [0.3, 0.4) is 0 Å². The average molecular weight is 334 g/mol. The van der Waals surface area contributed by atoms with E-state index in [2.05, 4.69) is 0 Å². The van der Waals surface area contributed by atoms with E-state index >= 15 is 0 Å². The molecule has 1 atom stereocenters. The number of carboxylic acid groups (broad SMARTS) is 1. The number of hydrogen-bond acceptors (Lipinski definition) is 4. The number of carbonyl (C=O) groups excluding carboxylic acids is 2. The highest BCUT2D eigenvalue weighted by molar-refractivity contribution is 5.95. The van der Waals surface area contributed by atoms with Gasteiger partial charge in [-0.15, -0.1) is 0 Å². The van der Waals surface area contributed by atoms with Crippen LogP contribution in [0, 0.1) is 5.92 Å². The van der Waals surface area contributed by atoms with E-state index in [0.29, 0.717) is 18.7 Å². The van der Waals surface area contributed by atoms with Crippen molar-refractivity contribution < 1.29 is 24.2 Å². The Kier molecular flexibility index (Phi) is 5.78. The topological polar surface area (TPSA) is 87.2 Å². The van der Waals surface area contributed by atoms with Gasteiger partial charge in [0.2, 0.25) is 5.91 Å². The molecule has 0 spiro atoms. The lowest BCUT2D eigenvalue weighted by molar-refractivity contribution is -0.143. The molecule has 2 rings (SSSR count). The van der Waals surface area contributed by atoms with Gasteiger partial charge in [-0.25, -0.2) is 0 Å². The number of benzene rings is 1. The zero-order chi connectivity index (χ0) is 17.7. The van der Waals surface area contributed by atoms with Crippen molar-refractivity contribution >= 4 is 23.5 Å². The number of hydrogen-bond donors (Lipinski definition) is 1. The summed E-state index contributed by atoms with van der Waals surface area (Å²) >= 11 is 0. The zero-order valence-electron chi connectivity index (χ0n) is 13.9. The predicted molar refractivity (Wildman–Crippen MR) is 88.0 cm³/mol. The number of carbonyl (C=O) groups is 3. The van der Waals surface area contributed by atoms with Crippen molar-refractivity contribution in [2.24, 2.45) is 5.92 Å². The lowest BCUT2D eigenvalue weighted by Gasteiger charge is -2.20. The fourth-order valence-electron chi connectivity index (χ4n) is 2.51. The van der Waals surface area contributed by atoms with E-state index in [0.717, 1.165) is 12.1 Å². The Morgan fingerprint density at radius 1 is 1.42 bits per heavy atom. The van der Waals surface area contributed by atoms with Crippen molar-refractivity contribution in [3.8, 4) is 5.75 Å². The van der Waals surface area contributed by atoms with Gasteiger partial charge in [0.15, 0.2) is 6.61 Å². The van der Waals surface area contributed by atoms with E-state index in [4.69, 9.17) is 9.84 Å². The number of carboxylic acids is 1. The van der Waals surface area contributed by atoms with Gasteiger partial charge in [0.05, 0.1) is 5.92 Å². The second-order valence-corrected chi connectivity index (χ2v) is 5.95. The van der Waals surface area contributed by atoms with Gasteiger partial charge < -0.3 is 19.6 Å². The van der Waals surface area contributed by atoms with E-state index in [9.17, 15) is 14.4 Å². The molecule has 0 aliphatic carbocycles. The molecule has 0 bridgehead atoms. The lowest BCUT2D eigenvalue weighted by Crippen LogP contribution is -2.36. The van der Waals surface area contributed by atoms with Gasteiger partial charge in [0.25, 0.3) is 5.91 Å². The maximum Gasteiger partial charge on any atom is 0.308 e. The number of nitrogens with zero attached hydrogens (tertiary/aromatic N) is 2. The third-order valence-corrected chi connectivity index (χ3v) is 3.96. The summed E-state index contributed by atoms with van der Waals surface area (Å²) in [4.78, 5) is 37.7. The molecular formula is C17H22N2O5. The quantitative estimate of drug-likeness (QED) is 0.814. The summed E-state index contributed by atoms with van der Waals surface area (Å²) < 4.78 is 5.49. The van der Waals surface area contributed by atoms with Gasteiger partial charge in [-0.3, -0.25) is 14.4 Å². The molecule has 7 nitrogen and oxygen atoms in total. The summed E-state index contributed by atoms with van der Waals surface area (Å²) in [6.07, 6.45) is 1.39. The lowest BCUT2D eigenvalue weighted by atomic mass is 10.2. The Hall–Kier alpha value is -2.57. The Morgan fingerprint density at radius 3 is 2.79 bits per heavy atom. The summed E-state index contributed by atoms with van der Waals surface area (Å²) in [5, 5.41) is 8.87. The number of anilines is 1. The largest absolute Gasteiger partial charge is 0.484 e. The Morgan fingerprint density at radius 2 is 2.17 bits per heavy atom. The monoisotopic (exact) mass is 334 g/mol. The van der Waals surface area contributed by atoms with E-state index in [1.54, 1.807) is 37.1 Å². The van der Waals surface area contributed by atoms with Crippen LogP contribution >= 0.6 is 0 Å². The third-order valence-electron chi connectivity index (χ3n) is 3.96. The molecule has 1 heterocycles. The van der Waals surface area contributed by atoms with Crippen molar-refractivity contribution in [3.63, 3.8) is 0 Å². The molecule has 24 heavy (non-hydrogen) atoms. The fraction of sp³-hybridized carbons (Fsp3) is 0.471. The van der Waals surface area contributed by atoms with Crippen LogP contribution in [0.4, 0.5) is 5.69 Å². The molecule has 1 unspecified atom stereocenters. The minimum atomic E-state index is -0.946. The van der Waals surface area contributed by atoms with E-state index in [1.807, 2.05) is 6.07 Å². The number of rotatable bonds is 7. The number of aliphatic carboxylic acids is 1. The van der Waals surface area contributed by atoms with Crippen molar-refractivity contribution in [1.29, 1.82) is 0 Å². The van der Waals surface area contributed by atoms with Gasteiger partial charge in [0, 0.05) is 38.3 Å². The highest BCUT2D eigenvalue weighted by Crippen LogP contribution is 2.25. The predicted octanol–water partition coefficient (Wildman–Crippen LogP) is 1.37. The van der Waals surface area contributed by atoms with Crippen LogP contribution in [0.5, 0.6) is 5.75 Å². The summed E-state index contributed by atoms with van der Waals surface area (Å²) in [7, 11) is 1.55. The second-order valence-electron chi connectivity index (χ2n) is 5.95. The van der Waals surface area contributed by atoms with Gasteiger partial charge in [-0.05, 0) is 18.6 Å². The molecular weight excluding hydrogens is 312 g/mol. The number of likely N-dealkylation sites (N-methyl/N-ethyl adjacent to an activating group) is 1. The molecule has 2 amide bonds. The summed E-state index contributed by atoms with van der Waals surface area (Å²) in [6, 6.07) is 7.06. The van der Waals surface area contributed by atoms with Crippen LogP contribution < -0.4 is 9.64 Å². The number of amides is 2. The summed E-state index contributed by atoms with van der Waals surface area (Å²) in [6.45, 7) is 2.18. The van der Waals surface area contributed by atoms with E-state index in [1.165, 1.54) is 4.90 Å². The van der Waals surface area contributed by atoms with Crippen LogP contribution in [-0.2, 0) is 14.4 Å². The molecule has 1 aromatic carbocycles. The first-order chi connectivity index (χ1) is 11.4. The first kappa shape index (κ1) is 17.8. The smallest absolute Gasteiger partial charge is 0.308 e. The molecule has 1 aromatic rings. The molecule has 1 saturated heterocycles. The highest BCUT2D eigenvalue weighted by atomic mass is 16.5. The second kappa shape index (κ2) is 7.81. The van der Waals surface area contributed by atoms with Crippen molar-refractivity contribution in [2.75, 3.05) is 31.6 Å². The van der Waals surface area contributed by atoms with Crippen LogP contribution in [0.1, 0.15) is 19.8 Å². The fourth-order valence-corrected chi connectivity index (χ4v) is 2.51. The van der Waals surface area contributed by atoms with Crippen molar-refractivity contribution in [2.45, 2.75) is 19.8 Å². The molecule has 1 N–H and O–H groups in total. The van der Waals surface area contributed by atoms with Crippen LogP contribution in [0.15, 0.2) is 24.3 Å². The summed E-state index contributed by atoms with van der Waals surface area (Å²) in [5.41, 5.74) is 0.760. The molecule has 0 aromatic heterocycles. The number of ether oxygens (including phenoxy) is 1. The third kappa shape index (κ3) is 4.47. The maximum absolute atomic E-state index is 12.0.